The number of esters is 1. The third-order valence-electron chi connectivity index (χ3n) is 5.40. The Balaban J connectivity index is 1.76. The molecule has 0 aliphatic rings. The van der Waals surface area contributed by atoms with Crippen molar-refractivity contribution in [2.75, 3.05) is 7.11 Å². The second-order valence-corrected chi connectivity index (χ2v) is 8.23. The molecule has 3 rings (SSSR count). The predicted octanol–water partition coefficient (Wildman–Crippen LogP) is 5.39. The van der Waals surface area contributed by atoms with Crippen molar-refractivity contribution >= 4 is 29.3 Å². The average molecular weight is 481 g/mol. The van der Waals surface area contributed by atoms with Gasteiger partial charge in [0.2, 0.25) is 0 Å². The largest absolute Gasteiger partial charge is 0.479 e. The summed E-state index contributed by atoms with van der Waals surface area (Å²) in [6, 6.07) is 20.1. The van der Waals surface area contributed by atoms with E-state index >= 15 is 0 Å². The van der Waals surface area contributed by atoms with Crippen LogP contribution in [0.15, 0.2) is 66.7 Å². The fourth-order valence-electron chi connectivity index (χ4n) is 3.55. The maximum Gasteiger partial charge on any atom is 0.344 e. The standard InChI is InChI=1S/C27H25ClO6/c1-17(29)23-5-3-4-21(16-25(30)33-2)26(23)34-24(27(31)32)15-8-18-6-9-19(10-7-18)20-11-13-22(28)14-12-20/h3-7,9-14,24H,8,15-16H2,1-2H3,(H,31,32). The highest BCUT2D eigenvalue weighted by Crippen LogP contribution is 2.28. The first-order valence-corrected chi connectivity index (χ1v) is 11.1. The summed E-state index contributed by atoms with van der Waals surface area (Å²) in [5.41, 5.74) is 3.62. The van der Waals surface area contributed by atoms with E-state index < -0.39 is 18.0 Å². The molecule has 0 bridgehead atoms. The number of Topliss-reactive ketones (excluding diaryl/α,β-unsaturated/α-hetero) is 1. The van der Waals surface area contributed by atoms with Crippen molar-refractivity contribution in [1.29, 1.82) is 0 Å². The topological polar surface area (TPSA) is 89.9 Å². The van der Waals surface area contributed by atoms with Crippen LogP contribution in [0.25, 0.3) is 11.1 Å². The number of carboxylic acid groups (broad SMARTS) is 1. The van der Waals surface area contributed by atoms with E-state index in [1.807, 2.05) is 48.5 Å². The van der Waals surface area contributed by atoms with Crippen LogP contribution in [-0.4, -0.2) is 36.0 Å². The highest BCUT2D eigenvalue weighted by molar-refractivity contribution is 6.30. The summed E-state index contributed by atoms with van der Waals surface area (Å²) in [7, 11) is 1.26. The molecule has 3 aromatic carbocycles. The van der Waals surface area contributed by atoms with Crippen molar-refractivity contribution in [3.63, 3.8) is 0 Å². The summed E-state index contributed by atoms with van der Waals surface area (Å²) in [5, 5.41) is 10.4. The zero-order chi connectivity index (χ0) is 24.7. The van der Waals surface area contributed by atoms with Crippen LogP contribution in [0.2, 0.25) is 5.02 Å². The molecule has 1 N–H and O–H groups in total. The summed E-state index contributed by atoms with van der Waals surface area (Å²) in [4.78, 5) is 35.9. The Bertz CT molecular complexity index is 1170. The lowest BCUT2D eigenvalue weighted by atomic mass is 10.0. The minimum atomic E-state index is -1.20. The normalized spacial score (nSPS) is 11.5. The Hall–Kier alpha value is -3.64. The number of carbonyl (C=O) groups excluding carboxylic acids is 2. The smallest absolute Gasteiger partial charge is 0.344 e. The maximum absolute atomic E-state index is 12.1. The molecule has 1 unspecified atom stereocenters. The predicted molar refractivity (Wildman–Crippen MR) is 129 cm³/mol. The Morgan fingerprint density at radius 3 is 2.12 bits per heavy atom. The number of carbonyl (C=O) groups is 3. The van der Waals surface area contributed by atoms with E-state index in [2.05, 4.69) is 0 Å². The molecule has 176 valence electrons. The van der Waals surface area contributed by atoms with Crippen molar-refractivity contribution in [3.8, 4) is 16.9 Å². The van der Waals surface area contributed by atoms with Gasteiger partial charge in [-0.05, 0) is 54.7 Å². The summed E-state index contributed by atoms with van der Waals surface area (Å²) < 4.78 is 10.5. The number of hydrogen-bond acceptors (Lipinski definition) is 5. The highest BCUT2D eigenvalue weighted by Gasteiger charge is 2.24. The average Bonchev–Trinajstić information content (AvgIpc) is 2.82. The van der Waals surface area contributed by atoms with Crippen LogP contribution in [-0.2, 0) is 27.2 Å². The van der Waals surface area contributed by atoms with Crippen molar-refractivity contribution in [3.05, 3.63) is 88.4 Å². The van der Waals surface area contributed by atoms with Gasteiger partial charge in [-0.3, -0.25) is 9.59 Å². The van der Waals surface area contributed by atoms with E-state index in [0.717, 1.165) is 16.7 Å². The third kappa shape index (κ3) is 6.45. The molecule has 34 heavy (non-hydrogen) atoms. The fourth-order valence-corrected chi connectivity index (χ4v) is 3.67. The van der Waals surface area contributed by atoms with E-state index in [-0.39, 0.29) is 29.9 Å². The Morgan fingerprint density at radius 2 is 1.56 bits per heavy atom. The molecule has 0 saturated carbocycles. The number of benzene rings is 3. The molecule has 0 aliphatic carbocycles. The second kappa shape index (κ2) is 11.5. The van der Waals surface area contributed by atoms with E-state index in [0.29, 0.717) is 17.0 Å². The SMILES string of the molecule is COC(=O)Cc1cccc(C(C)=O)c1OC(CCc1ccc(-c2ccc(Cl)cc2)cc1)C(=O)O. The lowest BCUT2D eigenvalue weighted by molar-refractivity contribution is -0.145. The molecule has 0 aromatic heterocycles. The monoisotopic (exact) mass is 480 g/mol. The van der Waals surface area contributed by atoms with E-state index in [1.165, 1.54) is 14.0 Å². The lowest BCUT2D eigenvalue weighted by Crippen LogP contribution is -2.29. The molecule has 0 fully saturated rings. The van der Waals surface area contributed by atoms with Crippen LogP contribution >= 0.6 is 11.6 Å². The fraction of sp³-hybridized carbons (Fsp3) is 0.222. The number of aryl methyl sites for hydroxylation is 1. The van der Waals surface area contributed by atoms with Crippen LogP contribution in [0.1, 0.15) is 34.8 Å². The van der Waals surface area contributed by atoms with Gasteiger partial charge in [-0.1, -0.05) is 60.1 Å². The first-order chi connectivity index (χ1) is 16.3. The second-order valence-electron chi connectivity index (χ2n) is 7.79. The Kier molecular flexibility index (Phi) is 8.44. The van der Waals surface area contributed by atoms with Crippen molar-refractivity contribution in [2.45, 2.75) is 32.3 Å². The van der Waals surface area contributed by atoms with Gasteiger partial charge in [-0.2, -0.15) is 0 Å². The summed E-state index contributed by atoms with van der Waals surface area (Å²) in [6.07, 6.45) is -0.704. The van der Waals surface area contributed by atoms with Crippen LogP contribution in [0.3, 0.4) is 0 Å². The zero-order valence-electron chi connectivity index (χ0n) is 18.9. The van der Waals surface area contributed by atoms with Crippen LogP contribution in [0.5, 0.6) is 5.75 Å². The number of hydrogen-bond donors (Lipinski definition) is 1. The third-order valence-corrected chi connectivity index (χ3v) is 5.65. The molecule has 0 radical (unpaired) electrons. The Labute approximate surface area is 203 Å². The molecule has 7 heteroatoms. The van der Waals surface area contributed by atoms with Gasteiger partial charge in [-0.15, -0.1) is 0 Å². The molecule has 0 saturated heterocycles. The summed E-state index contributed by atoms with van der Waals surface area (Å²) in [6.45, 7) is 1.36. The first kappa shape index (κ1) is 25.0. The van der Waals surface area contributed by atoms with Gasteiger partial charge in [-0.25, -0.2) is 4.79 Å². The number of rotatable bonds is 10. The van der Waals surface area contributed by atoms with Crippen LogP contribution in [0, 0.1) is 0 Å². The van der Waals surface area contributed by atoms with Gasteiger partial charge in [0.1, 0.15) is 5.75 Å². The molecule has 0 amide bonds. The van der Waals surface area contributed by atoms with E-state index in [1.54, 1.807) is 18.2 Å². The quantitative estimate of drug-likeness (QED) is 0.309. The molecular formula is C27H25ClO6. The van der Waals surface area contributed by atoms with Crippen LogP contribution in [0.4, 0.5) is 0 Å². The molecular weight excluding hydrogens is 456 g/mol. The maximum atomic E-state index is 12.1. The lowest BCUT2D eigenvalue weighted by Gasteiger charge is -2.20. The molecule has 0 aliphatic heterocycles. The number of ether oxygens (including phenoxy) is 2. The van der Waals surface area contributed by atoms with E-state index in [9.17, 15) is 19.5 Å². The molecule has 0 heterocycles. The van der Waals surface area contributed by atoms with Gasteiger partial charge < -0.3 is 14.6 Å². The minimum Gasteiger partial charge on any atom is -0.479 e. The summed E-state index contributed by atoms with van der Waals surface area (Å²) in [5.74, 6) is -1.85. The number of aliphatic carboxylic acids is 1. The number of methoxy groups -OCH3 is 1. The van der Waals surface area contributed by atoms with Crippen molar-refractivity contribution in [1.82, 2.24) is 0 Å². The van der Waals surface area contributed by atoms with Gasteiger partial charge in [0.15, 0.2) is 11.9 Å². The van der Waals surface area contributed by atoms with Gasteiger partial charge in [0.05, 0.1) is 19.1 Å². The van der Waals surface area contributed by atoms with Gasteiger partial charge in [0.25, 0.3) is 0 Å². The molecule has 3 aromatic rings. The van der Waals surface area contributed by atoms with Gasteiger partial charge in [0, 0.05) is 10.6 Å². The molecule has 1 atom stereocenters. The highest BCUT2D eigenvalue weighted by atomic mass is 35.5. The summed E-state index contributed by atoms with van der Waals surface area (Å²) >= 11 is 5.95. The van der Waals surface area contributed by atoms with E-state index in [4.69, 9.17) is 21.1 Å². The van der Waals surface area contributed by atoms with Gasteiger partial charge >= 0.3 is 11.9 Å². The van der Waals surface area contributed by atoms with Crippen molar-refractivity contribution in [2.24, 2.45) is 0 Å². The number of ketones is 1. The van der Waals surface area contributed by atoms with Crippen molar-refractivity contribution < 1.29 is 29.0 Å². The number of carboxylic acids is 1. The Morgan fingerprint density at radius 1 is 0.941 bits per heavy atom. The zero-order valence-corrected chi connectivity index (χ0v) is 19.7. The van der Waals surface area contributed by atoms with Crippen LogP contribution < -0.4 is 4.74 Å². The molecule has 6 nitrogen and oxygen atoms in total. The molecule has 0 spiro atoms. The minimum absolute atomic E-state index is 0.103. The number of halogens is 1. The first-order valence-electron chi connectivity index (χ1n) is 10.7. The number of para-hydroxylation sites is 1.